The summed E-state index contributed by atoms with van der Waals surface area (Å²) in [6.07, 6.45) is 1.07. The first kappa shape index (κ1) is 9.52. The number of hydrogen-bond donors (Lipinski definition) is 1. The molecule has 3 atom stereocenters. The fraction of sp³-hybridized carbons (Fsp3) is 0.889. The number of carbonyl (C=O) groups is 1. The van der Waals surface area contributed by atoms with Crippen LogP contribution >= 0.6 is 0 Å². The van der Waals surface area contributed by atoms with Gasteiger partial charge < -0.3 is 10.6 Å². The number of nitrogens with two attached hydrogens (primary N) is 1. The van der Waals surface area contributed by atoms with E-state index in [1.807, 2.05) is 11.9 Å². The first-order valence-electron chi connectivity index (χ1n) is 4.54. The van der Waals surface area contributed by atoms with Gasteiger partial charge in [0, 0.05) is 19.6 Å². The monoisotopic (exact) mass is 170 g/mol. The topological polar surface area (TPSA) is 46.3 Å². The highest BCUT2D eigenvalue weighted by atomic mass is 16.2. The molecule has 1 amide bonds. The number of carbonyl (C=O) groups excluding carboxylic acids is 1. The lowest BCUT2D eigenvalue weighted by atomic mass is 9.83. The van der Waals surface area contributed by atoms with E-state index >= 15 is 0 Å². The number of hydrogen-bond acceptors (Lipinski definition) is 2. The number of amides is 1. The lowest BCUT2D eigenvalue weighted by Gasteiger charge is -2.38. The third kappa shape index (κ3) is 1.46. The lowest BCUT2D eigenvalue weighted by Crippen LogP contribution is -2.49. The largest absolute Gasteiger partial charge is 0.343 e. The fourth-order valence-corrected chi connectivity index (χ4v) is 1.92. The Labute approximate surface area is 73.9 Å². The van der Waals surface area contributed by atoms with E-state index in [4.69, 9.17) is 5.73 Å². The average molecular weight is 170 g/mol. The second-order valence-electron chi connectivity index (χ2n) is 3.85. The van der Waals surface area contributed by atoms with Gasteiger partial charge in [0.2, 0.25) is 5.91 Å². The highest BCUT2D eigenvalue weighted by Crippen LogP contribution is 2.26. The first-order valence-corrected chi connectivity index (χ1v) is 4.54. The Morgan fingerprint density at radius 3 is 2.67 bits per heavy atom. The van der Waals surface area contributed by atoms with Crippen molar-refractivity contribution >= 4 is 5.91 Å². The van der Waals surface area contributed by atoms with Crippen LogP contribution in [0, 0.1) is 11.8 Å². The van der Waals surface area contributed by atoms with E-state index in [9.17, 15) is 4.79 Å². The Morgan fingerprint density at radius 2 is 2.17 bits per heavy atom. The molecule has 0 bridgehead atoms. The van der Waals surface area contributed by atoms with Crippen LogP contribution in [0.4, 0.5) is 0 Å². The highest BCUT2D eigenvalue weighted by molar-refractivity contribution is 5.80. The quantitative estimate of drug-likeness (QED) is 0.621. The molecule has 1 saturated heterocycles. The van der Waals surface area contributed by atoms with Crippen molar-refractivity contribution < 1.29 is 4.79 Å². The van der Waals surface area contributed by atoms with E-state index in [1.165, 1.54) is 0 Å². The molecule has 1 fully saturated rings. The third-order valence-corrected chi connectivity index (χ3v) is 2.98. The molecule has 0 aromatic heterocycles. The number of rotatable bonds is 1. The molecule has 1 rings (SSSR count). The minimum Gasteiger partial charge on any atom is -0.343 e. The maximum Gasteiger partial charge on any atom is 0.227 e. The number of nitrogens with zero attached hydrogens (tertiary/aromatic N) is 1. The molecule has 0 radical (unpaired) electrons. The second kappa shape index (κ2) is 3.44. The molecule has 12 heavy (non-hydrogen) atoms. The summed E-state index contributed by atoms with van der Waals surface area (Å²) < 4.78 is 0. The standard InChI is InChI=1S/C9H18N2O/c1-6-4-7(2)11(3)9(12)8(6)5-10/h6-8H,4-5,10H2,1-3H3/t6-,7+,8-/m0/s1. The molecule has 0 spiro atoms. The minimum atomic E-state index is 0.0474. The molecule has 1 heterocycles. The van der Waals surface area contributed by atoms with Gasteiger partial charge in [-0.05, 0) is 19.3 Å². The van der Waals surface area contributed by atoms with Crippen LogP contribution in [0.15, 0.2) is 0 Å². The predicted octanol–water partition coefficient (Wildman–Crippen LogP) is 0.448. The van der Waals surface area contributed by atoms with Crippen molar-refractivity contribution in [3.63, 3.8) is 0 Å². The van der Waals surface area contributed by atoms with Crippen molar-refractivity contribution in [1.29, 1.82) is 0 Å². The van der Waals surface area contributed by atoms with Crippen LogP contribution in [-0.4, -0.2) is 30.4 Å². The molecule has 2 N–H and O–H groups in total. The van der Waals surface area contributed by atoms with Crippen LogP contribution in [0.25, 0.3) is 0 Å². The van der Waals surface area contributed by atoms with Crippen LogP contribution in [0.1, 0.15) is 20.3 Å². The van der Waals surface area contributed by atoms with Gasteiger partial charge in [-0.2, -0.15) is 0 Å². The maximum atomic E-state index is 11.6. The van der Waals surface area contributed by atoms with Crippen molar-refractivity contribution in [2.75, 3.05) is 13.6 Å². The van der Waals surface area contributed by atoms with Gasteiger partial charge in [0.15, 0.2) is 0 Å². The summed E-state index contributed by atoms with van der Waals surface area (Å²) in [6, 6.07) is 0.371. The Bertz CT molecular complexity index is 181. The fourth-order valence-electron chi connectivity index (χ4n) is 1.92. The second-order valence-corrected chi connectivity index (χ2v) is 3.85. The van der Waals surface area contributed by atoms with Gasteiger partial charge in [-0.1, -0.05) is 6.92 Å². The van der Waals surface area contributed by atoms with Crippen molar-refractivity contribution in [3.8, 4) is 0 Å². The molecule has 0 saturated carbocycles. The smallest absolute Gasteiger partial charge is 0.227 e. The van der Waals surface area contributed by atoms with Gasteiger partial charge in [0.25, 0.3) is 0 Å². The molecule has 3 heteroatoms. The SMILES string of the molecule is C[C@@H]1C[C@H](C)[C@H](CN)C(=O)N1C. The summed E-state index contributed by atoms with van der Waals surface area (Å²) in [4.78, 5) is 13.4. The van der Waals surface area contributed by atoms with Crippen LogP contribution < -0.4 is 5.73 Å². The molecule has 0 aliphatic carbocycles. The van der Waals surface area contributed by atoms with Gasteiger partial charge >= 0.3 is 0 Å². The van der Waals surface area contributed by atoms with Gasteiger partial charge in [0.05, 0.1) is 5.92 Å². The Morgan fingerprint density at radius 1 is 1.58 bits per heavy atom. The maximum absolute atomic E-state index is 11.6. The summed E-state index contributed by atoms with van der Waals surface area (Å²) in [5.41, 5.74) is 5.54. The molecule has 0 aromatic carbocycles. The van der Waals surface area contributed by atoms with E-state index in [0.29, 0.717) is 18.5 Å². The molecule has 3 nitrogen and oxygen atoms in total. The van der Waals surface area contributed by atoms with E-state index in [2.05, 4.69) is 13.8 Å². The van der Waals surface area contributed by atoms with Crippen molar-refractivity contribution in [2.24, 2.45) is 17.6 Å². The van der Waals surface area contributed by atoms with Gasteiger partial charge in [-0.3, -0.25) is 4.79 Å². The van der Waals surface area contributed by atoms with Gasteiger partial charge in [0.1, 0.15) is 0 Å². The highest BCUT2D eigenvalue weighted by Gasteiger charge is 2.34. The zero-order chi connectivity index (χ0) is 9.30. The summed E-state index contributed by atoms with van der Waals surface area (Å²) >= 11 is 0. The summed E-state index contributed by atoms with van der Waals surface area (Å²) in [6.45, 7) is 4.68. The number of likely N-dealkylation sites (tertiary alicyclic amines) is 1. The zero-order valence-electron chi connectivity index (χ0n) is 8.08. The molecule has 0 unspecified atom stereocenters. The van der Waals surface area contributed by atoms with Crippen LogP contribution in [0.5, 0.6) is 0 Å². The zero-order valence-corrected chi connectivity index (χ0v) is 8.08. The van der Waals surface area contributed by atoms with E-state index < -0.39 is 0 Å². The molecule has 1 aliphatic rings. The van der Waals surface area contributed by atoms with Crippen molar-refractivity contribution in [1.82, 2.24) is 4.90 Å². The first-order chi connectivity index (χ1) is 5.57. The van der Waals surface area contributed by atoms with Gasteiger partial charge in [-0.15, -0.1) is 0 Å². The van der Waals surface area contributed by atoms with Crippen LogP contribution in [-0.2, 0) is 4.79 Å². The third-order valence-electron chi connectivity index (χ3n) is 2.98. The Balaban J connectivity index is 2.72. The van der Waals surface area contributed by atoms with Crippen molar-refractivity contribution in [3.05, 3.63) is 0 Å². The van der Waals surface area contributed by atoms with E-state index in [-0.39, 0.29) is 11.8 Å². The normalized spacial score (nSPS) is 37.2. The average Bonchev–Trinajstić information content (AvgIpc) is 2.01. The van der Waals surface area contributed by atoms with Gasteiger partial charge in [-0.25, -0.2) is 0 Å². The van der Waals surface area contributed by atoms with Crippen molar-refractivity contribution in [2.45, 2.75) is 26.3 Å². The van der Waals surface area contributed by atoms with E-state index in [0.717, 1.165) is 6.42 Å². The molecular weight excluding hydrogens is 152 g/mol. The summed E-state index contributed by atoms with van der Waals surface area (Å²) in [7, 11) is 1.86. The summed E-state index contributed by atoms with van der Waals surface area (Å²) in [5.74, 6) is 0.698. The molecular formula is C9H18N2O. The molecule has 70 valence electrons. The Kier molecular flexibility index (Phi) is 2.73. The molecule has 1 aliphatic heterocycles. The lowest BCUT2D eigenvalue weighted by molar-refractivity contribution is -0.141. The Hall–Kier alpha value is -0.570. The van der Waals surface area contributed by atoms with E-state index in [1.54, 1.807) is 0 Å². The van der Waals surface area contributed by atoms with Crippen LogP contribution in [0.3, 0.4) is 0 Å². The minimum absolute atomic E-state index is 0.0474. The van der Waals surface area contributed by atoms with Crippen LogP contribution in [0.2, 0.25) is 0 Å². The molecule has 0 aromatic rings. The number of piperidine rings is 1. The predicted molar refractivity (Wildman–Crippen MR) is 48.6 cm³/mol. The summed E-state index contributed by atoms with van der Waals surface area (Å²) in [5, 5.41) is 0.